The largest absolute Gasteiger partial charge is 0.240 e. The Hall–Kier alpha value is -1.96. The number of halogens is 1. The average Bonchev–Trinajstić information content (AvgIpc) is 2.38. The number of sulfonamides is 1. The maximum atomic E-state index is 13.1. The second kappa shape index (κ2) is 6.83. The fraction of sp³-hybridized carbons (Fsp3) is 0.333. The van der Waals surface area contributed by atoms with Crippen molar-refractivity contribution in [2.45, 2.75) is 24.2 Å². The number of hydrogen-bond acceptors (Lipinski definition) is 4. The number of unbranched alkanes of at least 4 members (excludes halogenated alkanes) is 2. The molecule has 7 heteroatoms. The SMILES string of the molecule is N#CCCCCNS(=O)(=O)c1ccc(F)c(C#N)c1. The summed E-state index contributed by atoms with van der Waals surface area (Å²) in [5.74, 6) is -0.754. The maximum absolute atomic E-state index is 13.1. The van der Waals surface area contributed by atoms with Gasteiger partial charge >= 0.3 is 0 Å². The third kappa shape index (κ3) is 4.32. The van der Waals surface area contributed by atoms with Crippen molar-refractivity contribution in [2.75, 3.05) is 6.54 Å². The molecule has 0 heterocycles. The van der Waals surface area contributed by atoms with Crippen molar-refractivity contribution in [3.05, 3.63) is 29.6 Å². The Morgan fingerprint density at radius 2 is 2.00 bits per heavy atom. The summed E-state index contributed by atoms with van der Waals surface area (Å²) in [5.41, 5.74) is -0.313. The zero-order valence-electron chi connectivity index (χ0n) is 10.1. The first-order chi connectivity index (χ1) is 9.01. The Labute approximate surface area is 111 Å². The van der Waals surface area contributed by atoms with Crippen molar-refractivity contribution >= 4 is 10.0 Å². The molecule has 1 rings (SSSR count). The van der Waals surface area contributed by atoms with E-state index in [2.05, 4.69) is 4.72 Å². The highest BCUT2D eigenvalue weighted by atomic mass is 32.2. The van der Waals surface area contributed by atoms with E-state index in [4.69, 9.17) is 10.5 Å². The van der Waals surface area contributed by atoms with Gasteiger partial charge in [-0.05, 0) is 31.0 Å². The maximum Gasteiger partial charge on any atom is 0.240 e. The van der Waals surface area contributed by atoms with Gasteiger partial charge in [0.05, 0.1) is 16.5 Å². The molecule has 0 radical (unpaired) electrons. The topological polar surface area (TPSA) is 93.8 Å². The second-order valence-electron chi connectivity index (χ2n) is 3.77. The molecule has 0 aliphatic carbocycles. The van der Waals surface area contributed by atoms with Gasteiger partial charge < -0.3 is 0 Å². The van der Waals surface area contributed by atoms with E-state index in [1.54, 1.807) is 6.07 Å². The van der Waals surface area contributed by atoms with E-state index in [1.165, 1.54) is 0 Å². The van der Waals surface area contributed by atoms with Crippen LogP contribution in [0.25, 0.3) is 0 Å². The van der Waals surface area contributed by atoms with E-state index < -0.39 is 15.8 Å². The number of nitriles is 2. The van der Waals surface area contributed by atoms with Crippen LogP contribution in [-0.4, -0.2) is 15.0 Å². The van der Waals surface area contributed by atoms with Gasteiger partial charge in [0.25, 0.3) is 0 Å². The molecule has 1 aromatic carbocycles. The minimum atomic E-state index is -3.75. The molecule has 1 aromatic rings. The molecule has 0 amide bonds. The van der Waals surface area contributed by atoms with E-state index in [1.807, 2.05) is 6.07 Å². The molecule has 19 heavy (non-hydrogen) atoms. The van der Waals surface area contributed by atoms with Crippen LogP contribution in [0, 0.1) is 28.5 Å². The molecule has 5 nitrogen and oxygen atoms in total. The molecule has 0 saturated heterocycles. The van der Waals surface area contributed by atoms with Crippen molar-refractivity contribution in [1.82, 2.24) is 4.72 Å². The third-order valence-electron chi connectivity index (χ3n) is 2.38. The van der Waals surface area contributed by atoms with Crippen LogP contribution in [0.3, 0.4) is 0 Å². The molecule has 0 fully saturated rings. The molecular formula is C12H12FN3O2S. The van der Waals surface area contributed by atoms with Crippen LogP contribution < -0.4 is 4.72 Å². The van der Waals surface area contributed by atoms with E-state index in [-0.39, 0.29) is 17.0 Å². The second-order valence-corrected chi connectivity index (χ2v) is 5.53. The summed E-state index contributed by atoms with van der Waals surface area (Å²) in [5, 5.41) is 17.0. The fourth-order valence-corrected chi connectivity index (χ4v) is 2.48. The smallest absolute Gasteiger partial charge is 0.211 e. The van der Waals surface area contributed by atoms with Crippen molar-refractivity contribution in [2.24, 2.45) is 0 Å². The minimum Gasteiger partial charge on any atom is -0.211 e. The summed E-state index contributed by atoms with van der Waals surface area (Å²) in [4.78, 5) is -0.147. The van der Waals surface area contributed by atoms with Crippen molar-refractivity contribution in [3.8, 4) is 12.1 Å². The van der Waals surface area contributed by atoms with Gasteiger partial charge in [-0.15, -0.1) is 0 Å². The zero-order chi connectivity index (χ0) is 14.3. The van der Waals surface area contributed by atoms with E-state index >= 15 is 0 Å². The first-order valence-electron chi connectivity index (χ1n) is 5.57. The summed E-state index contributed by atoms with van der Waals surface area (Å²) >= 11 is 0. The molecule has 0 atom stereocenters. The lowest BCUT2D eigenvalue weighted by Gasteiger charge is -2.06. The van der Waals surface area contributed by atoms with Crippen LogP contribution >= 0.6 is 0 Å². The Balaban J connectivity index is 2.73. The lowest BCUT2D eigenvalue weighted by molar-refractivity contribution is 0.576. The van der Waals surface area contributed by atoms with E-state index in [9.17, 15) is 12.8 Å². The van der Waals surface area contributed by atoms with Gasteiger partial charge in [-0.2, -0.15) is 10.5 Å². The van der Waals surface area contributed by atoms with Gasteiger partial charge in [0.1, 0.15) is 11.9 Å². The van der Waals surface area contributed by atoms with Gasteiger partial charge in [-0.1, -0.05) is 0 Å². The molecule has 0 aromatic heterocycles. The fourth-order valence-electron chi connectivity index (χ4n) is 1.38. The highest BCUT2D eigenvalue weighted by Crippen LogP contribution is 2.14. The Kier molecular flexibility index (Phi) is 5.43. The molecule has 0 aliphatic rings. The van der Waals surface area contributed by atoms with Gasteiger partial charge in [0.15, 0.2) is 0 Å². The normalized spacial score (nSPS) is 10.7. The molecule has 0 aliphatic heterocycles. The van der Waals surface area contributed by atoms with Crippen molar-refractivity contribution < 1.29 is 12.8 Å². The van der Waals surface area contributed by atoms with Crippen LogP contribution in [0.1, 0.15) is 24.8 Å². The van der Waals surface area contributed by atoms with Crippen LogP contribution in [0.15, 0.2) is 23.1 Å². The first kappa shape index (κ1) is 15.1. The van der Waals surface area contributed by atoms with Crippen molar-refractivity contribution in [3.63, 3.8) is 0 Å². The number of nitrogens with one attached hydrogen (secondary N) is 1. The summed E-state index contributed by atoms with van der Waals surface area (Å²) in [6.07, 6.45) is 1.52. The van der Waals surface area contributed by atoms with Crippen LogP contribution in [-0.2, 0) is 10.0 Å². The average molecular weight is 281 g/mol. The van der Waals surface area contributed by atoms with Gasteiger partial charge in [0, 0.05) is 13.0 Å². The Bertz CT molecular complexity index is 629. The summed E-state index contributed by atoms with van der Waals surface area (Å²) in [6, 6.07) is 6.60. The third-order valence-corrected chi connectivity index (χ3v) is 3.83. The molecular weight excluding hydrogens is 269 g/mol. The lowest BCUT2D eigenvalue weighted by atomic mass is 10.2. The molecule has 100 valence electrons. The zero-order valence-corrected chi connectivity index (χ0v) is 10.9. The highest BCUT2D eigenvalue weighted by Gasteiger charge is 2.15. The van der Waals surface area contributed by atoms with E-state index in [0.717, 1.165) is 18.2 Å². The van der Waals surface area contributed by atoms with E-state index in [0.29, 0.717) is 19.3 Å². The van der Waals surface area contributed by atoms with Crippen LogP contribution in [0.4, 0.5) is 4.39 Å². The number of nitrogens with zero attached hydrogens (tertiary/aromatic N) is 2. The summed E-state index contributed by atoms with van der Waals surface area (Å²) in [7, 11) is -3.75. The molecule has 0 saturated carbocycles. The molecule has 1 N–H and O–H groups in total. The standard InChI is InChI=1S/C12H12FN3O2S/c13-12-5-4-11(8-10(12)9-15)19(17,18)16-7-3-1-2-6-14/h4-5,8,16H,1-3,7H2. The lowest BCUT2D eigenvalue weighted by Crippen LogP contribution is -2.24. The number of benzene rings is 1. The number of rotatable bonds is 6. The van der Waals surface area contributed by atoms with Gasteiger partial charge in [-0.25, -0.2) is 17.5 Å². The van der Waals surface area contributed by atoms with Gasteiger partial charge in [0.2, 0.25) is 10.0 Å². The van der Waals surface area contributed by atoms with Crippen LogP contribution in [0.2, 0.25) is 0 Å². The predicted molar refractivity (Wildman–Crippen MR) is 65.8 cm³/mol. The Morgan fingerprint density at radius 3 is 2.63 bits per heavy atom. The quantitative estimate of drug-likeness (QED) is 0.802. The minimum absolute atomic E-state index is 0.147. The molecule has 0 spiro atoms. The predicted octanol–water partition coefficient (Wildman–Crippen LogP) is 1.67. The summed E-state index contributed by atoms with van der Waals surface area (Å²) in [6.45, 7) is 0.198. The first-order valence-corrected chi connectivity index (χ1v) is 7.06. The van der Waals surface area contributed by atoms with Gasteiger partial charge in [-0.3, -0.25) is 0 Å². The Morgan fingerprint density at radius 1 is 1.26 bits per heavy atom. The van der Waals surface area contributed by atoms with Crippen molar-refractivity contribution in [1.29, 1.82) is 10.5 Å². The molecule has 0 bridgehead atoms. The highest BCUT2D eigenvalue weighted by molar-refractivity contribution is 7.89. The van der Waals surface area contributed by atoms with Crippen LogP contribution in [0.5, 0.6) is 0 Å². The summed E-state index contributed by atoms with van der Waals surface area (Å²) < 4.78 is 39.1. The molecule has 0 unspecified atom stereocenters. The monoisotopic (exact) mass is 281 g/mol. The number of hydrogen-bond donors (Lipinski definition) is 1.